The molecular formula is C14H26N2O. The van der Waals surface area contributed by atoms with Crippen molar-refractivity contribution in [2.75, 3.05) is 19.7 Å². The van der Waals surface area contributed by atoms with Crippen LogP contribution in [0.25, 0.3) is 0 Å². The van der Waals surface area contributed by atoms with Gasteiger partial charge in [-0.2, -0.15) is 0 Å². The van der Waals surface area contributed by atoms with E-state index in [4.69, 9.17) is 10.5 Å². The highest BCUT2D eigenvalue weighted by molar-refractivity contribution is 5.14. The maximum Gasteiger partial charge on any atom is 0.111 e. The zero-order valence-electron chi connectivity index (χ0n) is 11.2. The number of nitrogens with zero attached hydrogens (tertiary/aromatic N) is 1. The molecule has 0 spiro atoms. The maximum atomic E-state index is 6.40. The molecule has 1 saturated heterocycles. The van der Waals surface area contributed by atoms with E-state index in [1.54, 1.807) is 0 Å². The third-order valence-corrected chi connectivity index (χ3v) is 4.22. The van der Waals surface area contributed by atoms with Crippen LogP contribution in [0.4, 0.5) is 0 Å². The van der Waals surface area contributed by atoms with Crippen LogP contribution in [-0.4, -0.2) is 36.2 Å². The second kappa shape index (κ2) is 5.40. The number of hydrogen-bond acceptors (Lipinski definition) is 3. The smallest absolute Gasteiger partial charge is 0.111 e. The molecule has 0 aromatic carbocycles. The minimum atomic E-state index is 0.000509. The lowest BCUT2D eigenvalue weighted by atomic mass is 9.91. The molecule has 1 unspecified atom stereocenters. The van der Waals surface area contributed by atoms with Gasteiger partial charge in [0, 0.05) is 12.0 Å². The number of likely N-dealkylation sites (tertiary alicyclic amines) is 1. The molecule has 1 atom stereocenters. The molecule has 98 valence electrons. The van der Waals surface area contributed by atoms with E-state index < -0.39 is 0 Å². The van der Waals surface area contributed by atoms with Crippen LogP contribution in [0.3, 0.4) is 0 Å². The summed E-state index contributed by atoms with van der Waals surface area (Å²) in [6.07, 6.45) is 8.50. The third kappa shape index (κ3) is 2.83. The standard InChI is InChI=1S/C14H26N2O/c1-14(2,13(15)12-8-7-11-17-12)16-9-5-3-4-6-10-16/h8,13H,3-7,9-11,15H2,1-2H3. The first kappa shape index (κ1) is 12.9. The predicted octanol–water partition coefficient (Wildman–Crippen LogP) is 2.27. The molecule has 3 nitrogen and oxygen atoms in total. The normalized spacial score (nSPS) is 25.0. The van der Waals surface area contributed by atoms with E-state index in [9.17, 15) is 0 Å². The van der Waals surface area contributed by atoms with E-state index in [1.165, 1.54) is 38.8 Å². The molecule has 2 aliphatic heterocycles. The molecular weight excluding hydrogens is 212 g/mol. The van der Waals surface area contributed by atoms with Crippen molar-refractivity contribution in [3.63, 3.8) is 0 Å². The van der Waals surface area contributed by atoms with Crippen LogP contribution in [0.1, 0.15) is 46.0 Å². The molecule has 1 fully saturated rings. The molecule has 0 radical (unpaired) electrons. The largest absolute Gasteiger partial charge is 0.496 e. The van der Waals surface area contributed by atoms with Crippen molar-refractivity contribution in [2.24, 2.45) is 5.73 Å². The van der Waals surface area contributed by atoms with Gasteiger partial charge in [0.2, 0.25) is 0 Å². The van der Waals surface area contributed by atoms with Gasteiger partial charge in [0.15, 0.2) is 0 Å². The van der Waals surface area contributed by atoms with Crippen LogP contribution >= 0.6 is 0 Å². The van der Waals surface area contributed by atoms with E-state index in [0.29, 0.717) is 0 Å². The van der Waals surface area contributed by atoms with Crippen molar-refractivity contribution in [3.05, 3.63) is 11.8 Å². The Hall–Kier alpha value is -0.540. The van der Waals surface area contributed by atoms with Gasteiger partial charge in [-0.15, -0.1) is 0 Å². The Balaban J connectivity index is 2.04. The van der Waals surface area contributed by atoms with Gasteiger partial charge >= 0.3 is 0 Å². The first-order valence-corrected chi connectivity index (χ1v) is 6.96. The molecule has 0 amide bonds. The number of ether oxygens (including phenoxy) is 1. The molecule has 2 N–H and O–H groups in total. The Bertz CT molecular complexity index is 278. The van der Waals surface area contributed by atoms with Crippen molar-refractivity contribution in [1.29, 1.82) is 0 Å². The molecule has 2 rings (SSSR count). The van der Waals surface area contributed by atoms with Crippen LogP contribution in [0, 0.1) is 0 Å². The molecule has 0 aromatic heterocycles. The van der Waals surface area contributed by atoms with Gasteiger partial charge in [-0.25, -0.2) is 0 Å². The highest BCUT2D eigenvalue weighted by Crippen LogP contribution is 2.28. The predicted molar refractivity (Wildman–Crippen MR) is 70.7 cm³/mol. The molecule has 3 heteroatoms. The second-order valence-corrected chi connectivity index (χ2v) is 5.78. The van der Waals surface area contributed by atoms with E-state index in [1.807, 2.05) is 0 Å². The van der Waals surface area contributed by atoms with Crippen LogP contribution < -0.4 is 5.73 Å². The van der Waals surface area contributed by atoms with Crippen molar-refractivity contribution in [3.8, 4) is 0 Å². The summed E-state index contributed by atoms with van der Waals surface area (Å²) in [5.74, 6) is 0.999. The van der Waals surface area contributed by atoms with Gasteiger partial charge in [0.1, 0.15) is 5.76 Å². The zero-order valence-corrected chi connectivity index (χ0v) is 11.2. The minimum Gasteiger partial charge on any atom is -0.496 e. The van der Waals surface area contributed by atoms with Crippen LogP contribution in [-0.2, 0) is 4.74 Å². The summed E-state index contributed by atoms with van der Waals surface area (Å²) in [5, 5.41) is 0. The van der Waals surface area contributed by atoms with E-state index >= 15 is 0 Å². The van der Waals surface area contributed by atoms with Crippen LogP contribution in [0.5, 0.6) is 0 Å². The summed E-state index contributed by atoms with van der Waals surface area (Å²) in [6.45, 7) is 7.66. The Kier molecular flexibility index (Phi) is 4.10. The van der Waals surface area contributed by atoms with Crippen molar-refractivity contribution >= 4 is 0 Å². The zero-order chi connectivity index (χ0) is 12.3. The summed E-state index contributed by atoms with van der Waals surface area (Å²) in [7, 11) is 0. The molecule has 0 saturated carbocycles. The average molecular weight is 238 g/mol. The Morgan fingerprint density at radius 3 is 2.41 bits per heavy atom. The average Bonchev–Trinajstić information content (AvgIpc) is 2.69. The fourth-order valence-electron chi connectivity index (χ4n) is 2.85. The first-order chi connectivity index (χ1) is 8.12. The van der Waals surface area contributed by atoms with Gasteiger partial charge in [-0.1, -0.05) is 12.8 Å². The minimum absolute atomic E-state index is 0.000509. The molecule has 0 aliphatic carbocycles. The quantitative estimate of drug-likeness (QED) is 0.819. The van der Waals surface area contributed by atoms with Gasteiger partial charge < -0.3 is 10.5 Å². The van der Waals surface area contributed by atoms with Crippen LogP contribution in [0.2, 0.25) is 0 Å². The summed E-state index contributed by atoms with van der Waals surface area (Å²) in [4.78, 5) is 2.55. The SMILES string of the molecule is CC(C)(C(N)C1=CCCO1)N1CCCCCC1. The molecule has 2 aliphatic rings. The second-order valence-electron chi connectivity index (χ2n) is 5.78. The lowest BCUT2D eigenvalue weighted by Crippen LogP contribution is -2.57. The number of nitrogens with two attached hydrogens (primary N) is 1. The molecule has 2 heterocycles. The third-order valence-electron chi connectivity index (χ3n) is 4.22. The summed E-state index contributed by atoms with van der Waals surface area (Å²) in [6, 6.07) is 0.00287. The summed E-state index contributed by atoms with van der Waals surface area (Å²) in [5.41, 5.74) is 6.40. The topological polar surface area (TPSA) is 38.5 Å². The maximum absolute atomic E-state index is 6.40. The highest BCUT2D eigenvalue weighted by atomic mass is 16.5. The Labute approximate surface area is 105 Å². The monoisotopic (exact) mass is 238 g/mol. The Morgan fingerprint density at radius 1 is 1.24 bits per heavy atom. The molecule has 0 bridgehead atoms. The fraction of sp³-hybridized carbons (Fsp3) is 0.857. The summed E-state index contributed by atoms with van der Waals surface area (Å²) < 4.78 is 5.63. The van der Waals surface area contributed by atoms with Crippen molar-refractivity contribution in [1.82, 2.24) is 4.90 Å². The van der Waals surface area contributed by atoms with Gasteiger partial charge in [0.25, 0.3) is 0 Å². The Morgan fingerprint density at radius 2 is 1.88 bits per heavy atom. The molecule has 17 heavy (non-hydrogen) atoms. The van der Waals surface area contributed by atoms with E-state index in [-0.39, 0.29) is 11.6 Å². The van der Waals surface area contributed by atoms with Gasteiger partial charge in [-0.05, 0) is 45.9 Å². The van der Waals surface area contributed by atoms with E-state index in [2.05, 4.69) is 24.8 Å². The van der Waals surface area contributed by atoms with Crippen molar-refractivity contribution in [2.45, 2.75) is 57.5 Å². The van der Waals surface area contributed by atoms with E-state index in [0.717, 1.165) is 18.8 Å². The van der Waals surface area contributed by atoms with Gasteiger partial charge in [-0.3, -0.25) is 4.90 Å². The van der Waals surface area contributed by atoms with Crippen LogP contribution in [0.15, 0.2) is 11.8 Å². The summed E-state index contributed by atoms with van der Waals surface area (Å²) >= 11 is 0. The molecule has 0 aromatic rings. The number of hydrogen-bond donors (Lipinski definition) is 1. The lowest BCUT2D eigenvalue weighted by molar-refractivity contribution is 0.0843. The number of rotatable bonds is 3. The van der Waals surface area contributed by atoms with Crippen molar-refractivity contribution < 1.29 is 4.74 Å². The first-order valence-electron chi connectivity index (χ1n) is 6.96. The van der Waals surface area contributed by atoms with Gasteiger partial charge in [0.05, 0.1) is 12.6 Å². The fourth-order valence-corrected chi connectivity index (χ4v) is 2.85. The lowest BCUT2D eigenvalue weighted by Gasteiger charge is -2.42. The highest BCUT2D eigenvalue weighted by Gasteiger charge is 2.36.